The fourth-order valence-corrected chi connectivity index (χ4v) is 3.25. The highest BCUT2D eigenvalue weighted by Gasteiger charge is 2.12. The number of hydrazone groups is 1. The molecule has 1 heterocycles. The number of aromatic hydroxyl groups is 1. The monoisotopic (exact) mass is 434 g/mol. The molecule has 7 heteroatoms. The molecule has 1 amide bonds. The number of nitrogens with one attached hydrogen (secondary N) is 2. The van der Waals surface area contributed by atoms with Gasteiger partial charge >= 0.3 is 0 Å². The van der Waals surface area contributed by atoms with Crippen molar-refractivity contribution >= 4 is 38.8 Å². The molecule has 4 rings (SSSR count). The van der Waals surface area contributed by atoms with Crippen LogP contribution >= 0.6 is 15.9 Å². The van der Waals surface area contributed by atoms with Crippen LogP contribution in [0.1, 0.15) is 16.1 Å². The van der Waals surface area contributed by atoms with Crippen LogP contribution in [0.15, 0.2) is 76.3 Å². The quantitative estimate of drug-likeness (QED) is 0.327. The van der Waals surface area contributed by atoms with Gasteiger partial charge in [-0.05, 0) is 35.0 Å². The van der Waals surface area contributed by atoms with E-state index in [1.807, 2.05) is 42.5 Å². The SMILES string of the molecule is O=C(N/N=C\c1cc(Br)ccc1O)c1cc(-c2cccc3ccccc23)n[nH]1. The van der Waals surface area contributed by atoms with E-state index in [4.69, 9.17) is 0 Å². The molecule has 0 saturated carbocycles. The van der Waals surface area contributed by atoms with Gasteiger partial charge in [-0.2, -0.15) is 10.2 Å². The number of carbonyl (C=O) groups excluding carboxylic acids is 1. The number of aromatic nitrogens is 2. The van der Waals surface area contributed by atoms with Crippen molar-refractivity contribution in [2.24, 2.45) is 5.10 Å². The Morgan fingerprint density at radius 3 is 2.82 bits per heavy atom. The lowest BCUT2D eigenvalue weighted by molar-refractivity contribution is 0.0950. The Morgan fingerprint density at radius 2 is 1.93 bits per heavy atom. The molecule has 0 atom stereocenters. The Kier molecular flexibility index (Phi) is 4.90. The van der Waals surface area contributed by atoms with Crippen LogP contribution in [0.4, 0.5) is 0 Å². The molecule has 0 aliphatic rings. The number of phenols is 1. The normalized spacial score (nSPS) is 11.2. The molecule has 0 bridgehead atoms. The molecule has 0 aliphatic heterocycles. The van der Waals surface area contributed by atoms with Gasteiger partial charge in [-0.25, -0.2) is 5.43 Å². The first-order valence-corrected chi connectivity index (χ1v) is 9.26. The highest BCUT2D eigenvalue weighted by atomic mass is 79.9. The summed E-state index contributed by atoms with van der Waals surface area (Å²) in [5.74, 6) is -0.356. The van der Waals surface area contributed by atoms with Crippen molar-refractivity contribution in [2.45, 2.75) is 0 Å². The van der Waals surface area contributed by atoms with Crippen LogP contribution in [0.3, 0.4) is 0 Å². The zero-order valence-corrected chi connectivity index (χ0v) is 16.1. The van der Waals surface area contributed by atoms with Crippen LogP contribution in [0.5, 0.6) is 5.75 Å². The zero-order chi connectivity index (χ0) is 19.5. The third-order valence-corrected chi connectivity index (χ3v) is 4.74. The van der Waals surface area contributed by atoms with E-state index < -0.39 is 5.91 Å². The first-order valence-electron chi connectivity index (χ1n) is 8.47. The summed E-state index contributed by atoms with van der Waals surface area (Å²) in [4.78, 5) is 12.3. The zero-order valence-electron chi connectivity index (χ0n) is 14.6. The van der Waals surface area contributed by atoms with Crippen LogP contribution in [0, 0.1) is 0 Å². The molecule has 138 valence electrons. The Labute approximate surface area is 169 Å². The van der Waals surface area contributed by atoms with Gasteiger partial charge in [0.2, 0.25) is 0 Å². The summed E-state index contributed by atoms with van der Waals surface area (Å²) in [6, 6.07) is 20.6. The molecule has 0 radical (unpaired) electrons. The maximum absolute atomic E-state index is 12.3. The summed E-state index contributed by atoms with van der Waals surface area (Å²) in [5, 5.41) is 22.9. The number of hydrogen-bond acceptors (Lipinski definition) is 4. The molecule has 0 fully saturated rings. The van der Waals surface area contributed by atoms with E-state index in [0.717, 1.165) is 20.8 Å². The lowest BCUT2D eigenvalue weighted by Gasteiger charge is -2.02. The van der Waals surface area contributed by atoms with Crippen molar-refractivity contribution in [2.75, 3.05) is 0 Å². The predicted molar refractivity (Wildman–Crippen MR) is 112 cm³/mol. The van der Waals surface area contributed by atoms with Gasteiger partial charge < -0.3 is 5.11 Å². The van der Waals surface area contributed by atoms with Crippen molar-refractivity contribution in [3.8, 4) is 17.0 Å². The van der Waals surface area contributed by atoms with Crippen LogP contribution < -0.4 is 5.43 Å². The number of H-pyrrole nitrogens is 1. The summed E-state index contributed by atoms with van der Waals surface area (Å²) in [7, 11) is 0. The summed E-state index contributed by atoms with van der Waals surface area (Å²) >= 11 is 3.32. The first-order chi connectivity index (χ1) is 13.6. The number of carbonyl (C=O) groups is 1. The second-order valence-electron chi connectivity index (χ2n) is 6.10. The average Bonchev–Trinajstić information content (AvgIpc) is 3.20. The Balaban J connectivity index is 1.53. The first kappa shape index (κ1) is 17.9. The third-order valence-electron chi connectivity index (χ3n) is 4.25. The molecule has 0 spiro atoms. The third kappa shape index (κ3) is 3.65. The maximum atomic E-state index is 12.3. The van der Waals surface area contributed by atoms with Crippen LogP contribution in [-0.4, -0.2) is 27.4 Å². The molecule has 3 N–H and O–H groups in total. The lowest BCUT2D eigenvalue weighted by Crippen LogP contribution is -2.18. The number of phenolic OH excluding ortho intramolecular Hbond substituents is 1. The van der Waals surface area contributed by atoms with Gasteiger partial charge in [-0.15, -0.1) is 0 Å². The van der Waals surface area contributed by atoms with Crippen molar-refractivity contribution in [3.05, 3.63) is 82.5 Å². The molecular weight excluding hydrogens is 420 g/mol. The van der Waals surface area contributed by atoms with Crippen molar-refractivity contribution in [3.63, 3.8) is 0 Å². The predicted octanol–water partition coefficient (Wildman–Crippen LogP) is 4.46. The van der Waals surface area contributed by atoms with E-state index in [0.29, 0.717) is 17.0 Å². The Bertz CT molecular complexity index is 1190. The highest BCUT2D eigenvalue weighted by Crippen LogP contribution is 2.27. The fourth-order valence-electron chi connectivity index (χ4n) is 2.87. The van der Waals surface area contributed by atoms with Gasteiger partial charge in [0.25, 0.3) is 5.91 Å². The van der Waals surface area contributed by atoms with E-state index in [1.165, 1.54) is 6.21 Å². The minimum Gasteiger partial charge on any atom is -0.507 e. The van der Waals surface area contributed by atoms with Crippen molar-refractivity contribution in [1.29, 1.82) is 0 Å². The number of aromatic amines is 1. The molecule has 0 aliphatic carbocycles. The van der Waals surface area contributed by atoms with Crippen molar-refractivity contribution < 1.29 is 9.90 Å². The van der Waals surface area contributed by atoms with E-state index in [2.05, 4.69) is 36.7 Å². The molecule has 6 nitrogen and oxygen atoms in total. The van der Waals surface area contributed by atoms with E-state index >= 15 is 0 Å². The number of amides is 1. The molecule has 28 heavy (non-hydrogen) atoms. The van der Waals surface area contributed by atoms with Crippen molar-refractivity contribution in [1.82, 2.24) is 15.6 Å². The average molecular weight is 435 g/mol. The van der Waals surface area contributed by atoms with Gasteiger partial charge in [0.05, 0.1) is 11.9 Å². The molecule has 1 aromatic heterocycles. The van der Waals surface area contributed by atoms with Gasteiger partial charge in [-0.1, -0.05) is 58.4 Å². The second-order valence-corrected chi connectivity index (χ2v) is 7.01. The maximum Gasteiger partial charge on any atom is 0.289 e. The topological polar surface area (TPSA) is 90.4 Å². The number of rotatable bonds is 4. The lowest BCUT2D eigenvalue weighted by atomic mass is 10.0. The highest BCUT2D eigenvalue weighted by molar-refractivity contribution is 9.10. The van der Waals surface area contributed by atoms with Gasteiger partial charge in [0.15, 0.2) is 0 Å². The standard InChI is InChI=1S/C21H15BrN4O2/c22-15-8-9-20(27)14(10-15)12-23-26-21(28)19-11-18(24-25-19)17-7-3-5-13-4-1-2-6-16(13)17/h1-12,27H,(H,24,25)(H,26,28)/b23-12-. The van der Waals surface area contributed by atoms with E-state index in [9.17, 15) is 9.90 Å². The summed E-state index contributed by atoms with van der Waals surface area (Å²) in [6.07, 6.45) is 1.37. The Morgan fingerprint density at radius 1 is 1.11 bits per heavy atom. The second kappa shape index (κ2) is 7.66. The minimum absolute atomic E-state index is 0.0704. The number of nitrogens with zero attached hydrogens (tertiary/aromatic N) is 2. The number of hydrogen-bond donors (Lipinski definition) is 3. The summed E-state index contributed by atoms with van der Waals surface area (Å²) in [6.45, 7) is 0. The molecular formula is C21H15BrN4O2. The van der Waals surface area contributed by atoms with E-state index in [1.54, 1.807) is 24.3 Å². The number of benzene rings is 3. The number of fused-ring (bicyclic) bond motifs is 1. The summed E-state index contributed by atoms with van der Waals surface area (Å²) in [5.41, 5.74) is 4.82. The molecule has 0 unspecified atom stereocenters. The van der Waals surface area contributed by atoms with Crippen LogP contribution in [0.2, 0.25) is 0 Å². The van der Waals surface area contributed by atoms with Gasteiger partial charge in [-0.3, -0.25) is 9.89 Å². The summed E-state index contributed by atoms with van der Waals surface area (Å²) < 4.78 is 0.798. The number of halogens is 1. The van der Waals surface area contributed by atoms with Crippen LogP contribution in [0.25, 0.3) is 22.0 Å². The smallest absolute Gasteiger partial charge is 0.289 e. The molecule has 3 aromatic carbocycles. The fraction of sp³-hybridized carbons (Fsp3) is 0. The minimum atomic E-state index is -0.426. The van der Waals surface area contributed by atoms with Gasteiger partial charge in [0, 0.05) is 15.6 Å². The molecule has 0 saturated heterocycles. The van der Waals surface area contributed by atoms with Gasteiger partial charge in [0.1, 0.15) is 11.4 Å². The van der Waals surface area contributed by atoms with E-state index in [-0.39, 0.29) is 5.75 Å². The Hall–Kier alpha value is -3.45. The molecule has 4 aromatic rings. The largest absolute Gasteiger partial charge is 0.507 e. The van der Waals surface area contributed by atoms with Crippen LogP contribution in [-0.2, 0) is 0 Å².